The van der Waals surface area contributed by atoms with Gasteiger partial charge in [0.05, 0.1) is 4.88 Å². The van der Waals surface area contributed by atoms with Crippen molar-refractivity contribution in [3.8, 4) is 16.5 Å². The Labute approximate surface area is 142 Å². The van der Waals surface area contributed by atoms with Gasteiger partial charge >= 0.3 is 6.03 Å². The van der Waals surface area contributed by atoms with Crippen LogP contribution in [0.5, 0.6) is 5.75 Å². The minimum Gasteiger partial charge on any atom is -0.481 e. The van der Waals surface area contributed by atoms with Gasteiger partial charge < -0.3 is 14.9 Å². The highest BCUT2D eigenvalue weighted by Gasteiger charge is 2.17. The van der Waals surface area contributed by atoms with Crippen LogP contribution in [0, 0.1) is 0 Å². The van der Waals surface area contributed by atoms with Crippen LogP contribution in [0.1, 0.15) is 18.9 Å². The highest BCUT2D eigenvalue weighted by atomic mass is 32.1. The summed E-state index contributed by atoms with van der Waals surface area (Å²) in [5.41, 5.74) is 5.92. The predicted octanol–water partition coefficient (Wildman–Crippen LogP) is 3.45. The Morgan fingerprint density at radius 1 is 1.29 bits per heavy atom. The lowest BCUT2D eigenvalue weighted by atomic mass is 10.3. The first kappa shape index (κ1) is 16.0. The average molecular weight is 344 g/mol. The van der Waals surface area contributed by atoms with Gasteiger partial charge in [0.25, 0.3) is 11.8 Å². The van der Waals surface area contributed by atoms with Gasteiger partial charge in [-0.05, 0) is 42.6 Å². The Morgan fingerprint density at radius 3 is 2.67 bits per heavy atom. The van der Waals surface area contributed by atoms with Gasteiger partial charge in [-0.15, -0.1) is 21.5 Å². The lowest BCUT2D eigenvalue weighted by Crippen LogP contribution is -2.31. The smallest absolute Gasteiger partial charge is 0.318 e. The fourth-order valence-corrected chi connectivity index (χ4v) is 2.67. The summed E-state index contributed by atoms with van der Waals surface area (Å²) >= 11 is 1.53. The van der Waals surface area contributed by atoms with Crippen molar-refractivity contribution in [2.75, 3.05) is 11.9 Å². The van der Waals surface area contributed by atoms with Crippen LogP contribution in [0.25, 0.3) is 10.8 Å². The van der Waals surface area contributed by atoms with Crippen molar-refractivity contribution in [2.45, 2.75) is 13.0 Å². The minimum atomic E-state index is -0.524. The molecule has 24 heavy (non-hydrogen) atoms. The van der Waals surface area contributed by atoms with Crippen molar-refractivity contribution in [1.29, 1.82) is 0 Å². The number of anilines is 1. The molecule has 0 aliphatic heterocycles. The summed E-state index contributed by atoms with van der Waals surface area (Å²) < 4.78 is 11.4. The van der Waals surface area contributed by atoms with Gasteiger partial charge in [0.2, 0.25) is 0 Å². The van der Waals surface area contributed by atoms with Crippen molar-refractivity contribution >= 4 is 23.1 Å². The number of nitrogens with zero attached hydrogens (tertiary/aromatic N) is 3. The second-order valence-electron chi connectivity index (χ2n) is 5.07. The molecule has 2 heterocycles. The fraction of sp³-hybridized carbons (Fsp3) is 0.188. The predicted molar refractivity (Wildman–Crippen MR) is 91.1 cm³/mol. The van der Waals surface area contributed by atoms with E-state index in [0.29, 0.717) is 23.2 Å². The molecule has 1 aromatic carbocycles. The molecular formula is C16H16N4O3S. The maximum Gasteiger partial charge on any atom is 0.318 e. The zero-order valence-electron chi connectivity index (χ0n) is 13.2. The number of hydrogen-bond acceptors (Lipinski definition) is 6. The topological polar surface area (TPSA) is 94.5 Å². The summed E-state index contributed by atoms with van der Waals surface area (Å²) in [7, 11) is 1.60. The van der Waals surface area contributed by atoms with E-state index >= 15 is 0 Å². The van der Waals surface area contributed by atoms with Crippen LogP contribution in [0.2, 0.25) is 0 Å². The molecule has 3 aromatic rings. The highest BCUT2D eigenvalue weighted by Crippen LogP contribution is 2.27. The van der Waals surface area contributed by atoms with E-state index in [0.717, 1.165) is 4.88 Å². The molecule has 0 bridgehead atoms. The molecule has 0 saturated carbocycles. The van der Waals surface area contributed by atoms with Crippen LogP contribution in [0.4, 0.5) is 10.5 Å². The van der Waals surface area contributed by atoms with E-state index in [-0.39, 0.29) is 0 Å². The molecule has 0 saturated heterocycles. The molecule has 1 atom stereocenters. The monoisotopic (exact) mass is 344 g/mol. The Kier molecular flexibility index (Phi) is 4.48. The molecule has 0 aliphatic rings. The zero-order chi connectivity index (χ0) is 17.1. The van der Waals surface area contributed by atoms with Gasteiger partial charge in [-0.3, -0.25) is 4.90 Å². The van der Waals surface area contributed by atoms with Crippen LogP contribution >= 0.6 is 11.3 Å². The number of amides is 2. The van der Waals surface area contributed by atoms with E-state index in [9.17, 15) is 4.79 Å². The lowest BCUT2D eigenvalue weighted by molar-refractivity contribution is 0.189. The van der Waals surface area contributed by atoms with Crippen molar-refractivity contribution in [3.05, 3.63) is 47.7 Å². The number of rotatable bonds is 5. The van der Waals surface area contributed by atoms with Crippen LogP contribution in [-0.2, 0) is 0 Å². The molecule has 0 spiro atoms. The van der Waals surface area contributed by atoms with Gasteiger partial charge in [-0.2, -0.15) is 0 Å². The molecule has 2 amide bonds. The van der Waals surface area contributed by atoms with Crippen molar-refractivity contribution in [1.82, 2.24) is 10.2 Å². The molecular weight excluding hydrogens is 328 g/mol. The summed E-state index contributed by atoms with van der Waals surface area (Å²) in [6.07, 6.45) is -0.397. The second-order valence-corrected chi connectivity index (χ2v) is 6.02. The van der Waals surface area contributed by atoms with Crippen LogP contribution in [0.15, 0.2) is 46.2 Å². The van der Waals surface area contributed by atoms with E-state index in [4.69, 9.17) is 14.9 Å². The van der Waals surface area contributed by atoms with E-state index in [1.165, 1.54) is 16.2 Å². The number of urea groups is 1. The van der Waals surface area contributed by atoms with Gasteiger partial charge in [0, 0.05) is 12.7 Å². The average Bonchev–Trinajstić information content (AvgIpc) is 3.26. The Bertz CT molecular complexity index is 814. The van der Waals surface area contributed by atoms with Gasteiger partial charge in [0.15, 0.2) is 6.10 Å². The number of thiophene rings is 1. The molecule has 2 aromatic heterocycles. The molecule has 2 N–H and O–H groups in total. The number of primary amides is 1. The molecule has 0 fully saturated rings. The van der Waals surface area contributed by atoms with Gasteiger partial charge in [0.1, 0.15) is 5.75 Å². The molecule has 0 aliphatic carbocycles. The van der Waals surface area contributed by atoms with Gasteiger partial charge in [-0.25, -0.2) is 4.79 Å². The van der Waals surface area contributed by atoms with Gasteiger partial charge in [-0.1, -0.05) is 6.07 Å². The fourth-order valence-electron chi connectivity index (χ4n) is 2.03. The number of carbonyl (C=O) groups is 1. The molecule has 0 radical (unpaired) electrons. The first-order valence-electron chi connectivity index (χ1n) is 7.22. The molecule has 3 rings (SSSR count). The third-order valence-electron chi connectivity index (χ3n) is 3.39. The van der Waals surface area contributed by atoms with Crippen LogP contribution in [0.3, 0.4) is 0 Å². The Balaban J connectivity index is 1.68. The molecule has 124 valence electrons. The summed E-state index contributed by atoms with van der Waals surface area (Å²) in [6, 6.07) is 10.3. The SMILES string of the molecule is C[C@@H](Oc1ccc(N(C)C(N)=O)cc1)c1nnc(-c2cccs2)o1. The van der Waals surface area contributed by atoms with Crippen LogP contribution in [-0.4, -0.2) is 23.3 Å². The largest absolute Gasteiger partial charge is 0.481 e. The standard InChI is InChI=1S/C16H16N4O3S/c1-10(14-18-19-15(23-14)13-4-3-9-24-13)22-12-7-5-11(6-8-12)20(2)16(17)21/h3-10H,1-2H3,(H2,17,21)/t10-/m1/s1. The van der Waals surface area contributed by atoms with E-state index in [2.05, 4.69) is 10.2 Å². The molecule has 0 unspecified atom stereocenters. The number of benzene rings is 1. The number of nitrogens with two attached hydrogens (primary N) is 1. The summed E-state index contributed by atoms with van der Waals surface area (Å²) in [4.78, 5) is 13.4. The van der Waals surface area contributed by atoms with Crippen molar-refractivity contribution < 1.29 is 13.9 Å². The third-order valence-corrected chi connectivity index (χ3v) is 4.25. The number of carbonyl (C=O) groups excluding carboxylic acids is 1. The van der Waals surface area contributed by atoms with E-state index < -0.39 is 12.1 Å². The van der Waals surface area contributed by atoms with Crippen molar-refractivity contribution in [2.24, 2.45) is 5.73 Å². The number of ether oxygens (including phenoxy) is 1. The van der Waals surface area contributed by atoms with Crippen LogP contribution < -0.4 is 15.4 Å². The van der Waals surface area contributed by atoms with Crippen molar-refractivity contribution in [3.63, 3.8) is 0 Å². The van der Waals surface area contributed by atoms with E-state index in [1.807, 2.05) is 24.4 Å². The maximum atomic E-state index is 11.1. The summed E-state index contributed by atoms with van der Waals surface area (Å²) in [5, 5.41) is 10.0. The first-order chi connectivity index (χ1) is 11.5. The first-order valence-corrected chi connectivity index (χ1v) is 8.09. The highest BCUT2D eigenvalue weighted by molar-refractivity contribution is 7.13. The zero-order valence-corrected chi connectivity index (χ0v) is 14.0. The number of hydrogen-bond donors (Lipinski definition) is 1. The number of aromatic nitrogens is 2. The Morgan fingerprint density at radius 2 is 2.04 bits per heavy atom. The summed E-state index contributed by atoms with van der Waals surface area (Å²) in [5.74, 6) is 1.51. The lowest BCUT2D eigenvalue weighted by Gasteiger charge is -2.15. The Hall–Kier alpha value is -2.87. The minimum absolute atomic E-state index is 0.397. The third kappa shape index (κ3) is 3.38. The second kappa shape index (κ2) is 6.71. The maximum absolute atomic E-state index is 11.1. The summed E-state index contributed by atoms with van der Waals surface area (Å²) in [6.45, 7) is 1.83. The molecule has 7 nitrogen and oxygen atoms in total. The molecule has 8 heteroatoms. The normalized spacial score (nSPS) is 11.9. The van der Waals surface area contributed by atoms with E-state index in [1.54, 1.807) is 31.3 Å². The quantitative estimate of drug-likeness (QED) is 0.765.